The Hall–Kier alpha value is -3.48. The van der Waals surface area contributed by atoms with Crippen molar-refractivity contribution in [1.29, 1.82) is 0 Å². The van der Waals surface area contributed by atoms with Crippen LogP contribution in [-0.2, 0) is 14.4 Å². The molecule has 26 heavy (non-hydrogen) atoms. The van der Waals surface area contributed by atoms with E-state index in [-0.39, 0.29) is 5.91 Å². The lowest BCUT2D eigenvalue weighted by molar-refractivity contribution is -0.136. The molecule has 0 aliphatic heterocycles. The number of rotatable bonds is 4. The van der Waals surface area contributed by atoms with Crippen molar-refractivity contribution in [1.82, 2.24) is 5.43 Å². The fourth-order valence-electron chi connectivity index (χ4n) is 2.07. The smallest absolute Gasteiger partial charge is 0.326 e. The van der Waals surface area contributed by atoms with Crippen molar-refractivity contribution in [2.24, 2.45) is 5.10 Å². The summed E-state index contributed by atoms with van der Waals surface area (Å²) in [7, 11) is 0. The van der Waals surface area contributed by atoms with E-state index in [4.69, 9.17) is 0 Å². The topological polar surface area (TPSA) is 99.7 Å². The van der Waals surface area contributed by atoms with E-state index in [1.807, 2.05) is 31.2 Å². The molecule has 0 saturated carbocycles. The number of hydrazone groups is 1. The fraction of sp³-hybridized carbons (Fsp3) is 0.158. The number of nitrogens with one attached hydrogen (secondary N) is 3. The molecule has 7 heteroatoms. The van der Waals surface area contributed by atoms with Crippen molar-refractivity contribution in [3.8, 4) is 0 Å². The van der Waals surface area contributed by atoms with Crippen molar-refractivity contribution in [3.05, 3.63) is 59.7 Å². The predicted octanol–water partition coefficient (Wildman–Crippen LogP) is 2.43. The number of carbonyl (C=O) groups excluding carboxylic acids is 3. The van der Waals surface area contributed by atoms with Crippen LogP contribution in [0.5, 0.6) is 0 Å². The van der Waals surface area contributed by atoms with Crippen molar-refractivity contribution in [3.63, 3.8) is 0 Å². The van der Waals surface area contributed by atoms with E-state index in [2.05, 4.69) is 21.2 Å². The Balaban J connectivity index is 1.92. The first-order valence-corrected chi connectivity index (χ1v) is 7.95. The molecule has 0 bridgehead atoms. The third-order valence-corrected chi connectivity index (χ3v) is 3.46. The van der Waals surface area contributed by atoms with Gasteiger partial charge in [-0.15, -0.1) is 0 Å². The van der Waals surface area contributed by atoms with Crippen LogP contribution in [0, 0.1) is 6.92 Å². The minimum Gasteiger partial charge on any atom is -0.326 e. The second-order valence-electron chi connectivity index (χ2n) is 5.72. The molecule has 3 N–H and O–H groups in total. The van der Waals surface area contributed by atoms with E-state index in [1.165, 1.54) is 6.92 Å². The lowest BCUT2D eigenvalue weighted by Gasteiger charge is -2.07. The van der Waals surface area contributed by atoms with Crippen LogP contribution in [0.1, 0.15) is 25.0 Å². The average molecular weight is 352 g/mol. The standard InChI is InChI=1S/C19H20N4O3/c1-12-4-6-15(7-5-12)13(2)22-23-19(26)18(25)21-17-10-8-16(9-11-17)20-14(3)24/h4-11H,1-3H3,(H,20,24)(H,21,25)(H,23,26)/b22-13+. The minimum absolute atomic E-state index is 0.192. The molecule has 0 aliphatic rings. The molecular formula is C19H20N4O3. The highest BCUT2D eigenvalue weighted by molar-refractivity contribution is 6.39. The maximum atomic E-state index is 11.9. The van der Waals surface area contributed by atoms with Gasteiger partial charge in [0.1, 0.15) is 0 Å². The van der Waals surface area contributed by atoms with Gasteiger partial charge in [0.05, 0.1) is 5.71 Å². The summed E-state index contributed by atoms with van der Waals surface area (Å²) in [6.07, 6.45) is 0. The number of hydrogen-bond acceptors (Lipinski definition) is 4. The highest BCUT2D eigenvalue weighted by atomic mass is 16.2. The summed E-state index contributed by atoms with van der Waals surface area (Å²) in [5.41, 5.74) is 5.82. The number of aryl methyl sites for hydroxylation is 1. The lowest BCUT2D eigenvalue weighted by atomic mass is 10.1. The molecule has 0 radical (unpaired) electrons. The van der Waals surface area contributed by atoms with Gasteiger partial charge < -0.3 is 10.6 Å². The number of carbonyl (C=O) groups is 3. The summed E-state index contributed by atoms with van der Waals surface area (Å²) in [5, 5.41) is 9.01. The lowest BCUT2D eigenvalue weighted by Crippen LogP contribution is -2.32. The summed E-state index contributed by atoms with van der Waals surface area (Å²) in [5.74, 6) is -1.90. The first-order chi connectivity index (χ1) is 12.3. The molecular weight excluding hydrogens is 332 g/mol. The van der Waals surface area contributed by atoms with Gasteiger partial charge in [0.2, 0.25) is 5.91 Å². The quantitative estimate of drug-likeness (QED) is 0.448. The first-order valence-electron chi connectivity index (χ1n) is 7.95. The molecule has 0 spiro atoms. The molecule has 0 heterocycles. The fourth-order valence-corrected chi connectivity index (χ4v) is 2.07. The van der Waals surface area contributed by atoms with Crippen LogP contribution in [0.15, 0.2) is 53.6 Å². The maximum Gasteiger partial charge on any atom is 0.329 e. The van der Waals surface area contributed by atoms with Crippen molar-refractivity contribution >= 4 is 34.8 Å². The van der Waals surface area contributed by atoms with Crippen LogP contribution in [0.2, 0.25) is 0 Å². The van der Waals surface area contributed by atoms with Crippen molar-refractivity contribution in [2.75, 3.05) is 10.6 Å². The van der Waals surface area contributed by atoms with Crippen molar-refractivity contribution in [2.45, 2.75) is 20.8 Å². The van der Waals surface area contributed by atoms with Crippen LogP contribution in [0.3, 0.4) is 0 Å². The summed E-state index contributed by atoms with van der Waals surface area (Å²) in [6.45, 7) is 5.12. The van der Waals surface area contributed by atoms with E-state index in [0.29, 0.717) is 17.1 Å². The minimum atomic E-state index is -0.873. The van der Waals surface area contributed by atoms with Gasteiger partial charge in [-0.1, -0.05) is 29.8 Å². The van der Waals surface area contributed by atoms with Gasteiger partial charge in [0, 0.05) is 18.3 Å². The zero-order chi connectivity index (χ0) is 19.1. The SMILES string of the molecule is CC(=O)Nc1ccc(NC(=O)C(=O)N/N=C(\C)c2ccc(C)cc2)cc1. The van der Waals surface area contributed by atoms with Gasteiger partial charge in [0.25, 0.3) is 0 Å². The van der Waals surface area contributed by atoms with Crippen LogP contribution >= 0.6 is 0 Å². The molecule has 2 aromatic carbocycles. The van der Waals surface area contributed by atoms with Crippen molar-refractivity contribution < 1.29 is 14.4 Å². The van der Waals surface area contributed by atoms with Gasteiger partial charge in [-0.25, -0.2) is 5.43 Å². The summed E-state index contributed by atoms with van der Waals surface area (Å²) >= 11 is 0. The molecule has 0 fully saturated rings. The van der Waals surface area contributed by atoms with Crippen LogP contribution in [-0.4, -0.2) is 23.4 Å². The summed E-state index contributed by atoms with van der Waals surface area (Å²) in [4.78, 5) is 34.7. The Morgan fingerprint density at radius 1 is 0.769 bits per heavy atom. The molecule has 7 nitrogen and oxygen atoms in total. The molecule has 0 aromatic heterocycles. The predicted molar refractivity (Wildman–Crippen MR) is 101 cm³/mol. The summed E-state index contributed by atoms with van der Waals surface area (Å²) < 4.78 is 0. The van der Waals surface area contributed by atoms with Gasteiger partial charge in [-0.2, -0.15) is 5.10 Å². The third-order valence-electron chi connectivity index (χ3n) is 3.46. The molecule has 2 rings (SSSR count). The second-order valence-corrected chi connectivity index (χ2v) is 5.72. The molecule has 2 aromatic rings. The largest absolute Gasteiger partial charge is 0.329 e. The van der Waals surface area contributed by atoms with Crippen LogP contribution in [0.25, 0.3) is 0 Å². The van der Waals surface area contributed by atoms with E-state index < -0.39 is 11.8 Å². The summed E-state index contributed by atoms with van der Waals surface area (Å²) in [6, 6.07) is 14.0. The zero-order valence-corrected chi connectivity index (χ0v) is 14.8. The highest BCUT2D eigenvalue weighted by Crippen LogP contribution is 2.13. The average Bonchev–Trinajstić information content (AvgIpc) is 2.61. The monoisotopic (exact) mass is 352 g/mol. The Morgan fingerprint density at radius 2 is 1.31 bits per heavy atom. The first kappa shape index (κ1) is 18.9. The highest BCUT2D eigenvalue weighted by Gasteiger charge is 2.13. The molecule has 3 amide bonds. The Morgan fingerprint density at radius 3 is 1.85 bits per heavy atom. The number of hydrogen-bond donors (Lipinski definition) is 3. The van der Waals surface area contributed by atoms with Crippen LogP contribution < -0.4 is 16.1 Å². The number of anilines is 2. The second kappa shape index (κ2) is 8.57. The van der Waals surface area contributed by atoms with Gasteiger partial charge >= 0.3 is 11.8 Å². The van der Waals surface area contributed by atoms with Gasteiger partial charge in [-0.05, 0) is 43.7 Å². The van der Waals surface area contributed by atoms with Gasteiger partial charge in [0.15, 0.2) is 0 Å². The number of benzene rings is 2. The number of nitrogens with zero attached hydrogens (tertiary/aromatic N) is 1. The normalized spacial score (nSPS) is 10.8. The van der Waals surface area contributed by atoms with E-state index >= 15 is 0 Å². The number of amides is 3. The Labute approximate surface area is 151 Å². The third kappa shape index (κ3) is 5.55. The zero-order valence-electron chi connectivity index (χ0n) is 14.8. The Bertz CT molecular complexity index is 840. The molecule has 0 saturated heterocycles. The molecule has 0 aliphatic carbocycles. The molecule has 0 atom stereocenters. The molecule has 0 unspecified atom stereocenters. The van der Waals surface area contributed by atoms with E-state index in [9.17, 15) is 14.4 Å². The maximum absolute atomic E-state index is 11.9. The van der Waals surface area contributed by atoms with Crippen LogP contribution in [0.4, 0.5) is 11.4 Å². The van der Waals surface area contributed by atoms with Gasteiger partial charge in [-0.3, -0.25) is 14.4 Å². The van der Waals surface area contributed by atoms with E-state index in [1.54, 1.807) is 31.2 Å². The van der Waals surface area contributed by atoms with E-state index in [0.717, 1.165) is 11.1 Å². The Kier molecular flexibility index (Phi) is 6.21. The molecule has 134 valence electrons.